The van der Waals surface area contributed by atoms with Gasteiger partial charge in [0.2, 0.25) is 11.1 Å². The molecule has 0 heterocycles. The summed E-state index contributed by atoms with van der Waals surface area (Å²) in [5, 5.41) is -3.54. The maximum Gasteiger partial charge on any atom is 0.345 e. The maximum absolute atomic E-state index is 12.8. The van der Waals surface area contributed by atoms with Gasteiger partial charge in [-0.3, -0.25) is 4.79 Å². The number of unbranched alkanes of at least 4 members (excludes halogenated alkanes) is 2. The number of alkyl halides is 2. The molecule has 0 spiro atoms. The zero-order valence-corrected chi connectivity index (χ0v) is 12.3. The van der Waals surface area contributed by atoms with Crippen molar-refractivity contribution in [2.75, 3.05) is 6.61 Å². The first-order valence-corrected chi connectivity index (χ1v) is 8.19. The van der Waals surface area contributed by atoms with Gasteiger partial charge in [0.1, 0.15) is 0 Å². The third-order valence-corrected chi connectivity index (χ3v) is 4.27. The molecule has 118 valence electrons. The number of rotatable bonds is 8. The molecule has 1 fully saturated rings. The fourth-order valence-corrected chi connectivity index (χ4v) is 2.64. The van der Waals surface area contributed by atoms with Crippen molar-refractivity contribution in [2.45, 2.75) is 63.0 Å². The van der Waals surface area contributed by atoms with Gasteiger partial charge in [0, 0.05) is 6.42 Å². The molecule has 0 aromatic rings. The molecule has 20 heavy (non-hydrogen) atoms. The second-order valence-corrected chi connectivity index (χ2v) is 6.30. The van der Waals surface area contributed by atoms with Crippen LogP contribution in [-0.2, 0) is 20.6 Å². The first-order valence-electron chi connectivity index (χ1n) is 7.09. The molecule has 1 rings (SSSR count). The molecule has 0 amide bonds. The zero-order chi connectivity index (χ0) is 15.0. The summed E-state index contributed by atoms with van der Waals surface area (Å²) in [6, 6.07) is 0. The van der Waals surface area contributed by atoms with Crippen LogP contribution in [0.5, 0.6) is 0 Å². The van der Waals surface area contributed by atoms with Crippen molar-refractivity contribution in [3.05, 3.63) is 0 Å². The SMILES string of the molecule is O=C(OCCCCCC(F)(F)S(=O)O)C1CCCCC1. The maximum atomic E-state index is 12.8. The van der Waals surface area contributed by atoms with Crippen LogP contribution in [0.1, 0.15) is 57.8 Å². The number of hydrogen-bond acceptors (Lipinski definition) is 3. The van der Waals surface area contributed by atoms with E-state index >= 15 is 0 Å². The molecule has 1 aliphatic carbocycles. The molecule has 4 nitrogen and oxygen atoms in total. The minimum atomic E-state index is -3.54. The summed E-state index contributed by atoms with van der Waals surface area (Å²) in [6.45, 7) is 0.239. The van der Waals surface area contributed by atoms with E-state index < -0.39 is 22.8 Å². The van der Waals surface area contributed by atoms with Crippen LogP contribution in [0.2, 0.25) is 0 Å². The first-order chi connectivity index (χ1) is 9.43. The van der Waals surface area contributed by atoms with Gasteiger partial charge in [0.15, 0.2) is 0 Å². The minimum Gasteiger partial charge on any atom is -0.465 e. The Kier molecular flexibility index (Phi) is 7.58. The highest BCUT2D eigenvalue weighted by Gasteiger charge is 2.35. The van der Waals surface area contributed by atoms with Crippen molar-refractivity contribution in [3.8, 4) is 0 Å². The van der Waals surface area contributed by atoms with Gasteiger partial charge in [-0.2, -0.15) is 8.78 Å². The first kappa shape index (κ1) is 17.5. The van der Waals surface area contributed by atoms with Crippen LogP contribution in [0.4, 0.5) is 8.78 Å². The van der Waals surface area contributed by atoms with Crippen LogP contribution in [0.3, 0.4) is 0 Å². The molecule has 1 aliphatic rings. The highest BCUT2D eigenvalue weighted by Crippen LogP contribution is 2.26. The minimum absolute atomic E-state index is 0.00453. The summed E-state index contributed by atoms with van der Waals surface area (Å²) in [4.78, 5) is 11.7. The smallest absolute Gasteiger partial charge is 0.345 e. The Bertz CT molecular complexity index is 330. The van der Waals surface area contributed by atoms with E-state index in [0.29, 0.717) is 12.8 Å². The Morgan fingerprint density at radius 2 is 1.85 bits per heavy atom. The van der Waals surface area contributed by atoms with Gasteiger partial charge in [0.05, 0.1) is 12.5 Å². The molecule has 1 N–H and O–H groups in total. The summed E-state index contributed by atoms with van der Waals surface area (Å²) < 4.78 is 49.4. The van der Waals surface area contributed by atoms with Gasteiger partial charge >= 0.3 is 11.2 Å². The fourth-order valence-electron chi connectivity index (χ4n) is 2.33. The topological polar surface area (TPSA) is 63.6 Å². The highest BCUT2D eigenvalue weighted by molar-refractivity contribution is 7.80. The van der Waals surface area contributed by atoms with E-state index in [1.807, 2.05) is 0 Å². The van der Waals surface area contributed by atoms with Gasteiger partial charge < -0.3 is 9.29 Å². The monoisotopic (exact) mass is 312 g/mol. The van der Waals surface area contributed by atoms with E-state index in [4.69, 9.17) is 9.29 Å². The van der Waals surface area contributed by atoms with Crippen LogP contribution in [-0.4, -0.2) is 26.6 Å². The molecule has 0 radical (unpaired) electrons. The molecule has 7 heteroatoms. The van der Waals surface area contributed by atoms with Crippen molar-refractivity contribution >= 4 is 17.0 Å². The standard InChI is InChI=1S/C13H22F2O4S/c14-13(15,20(17)18)9-5-2-6-10-19-12(16)11-7-3-1-4-8-11/h11H,1-10H2,(H,17,18). The van der Waals surface area contributed by atoms with E-state index in [9.17, 15) is 17.8 Å². The molecule has 0 bridgehead atoms. The van der Waals surface area contributed by atoms with Gasteiger partial charge in [0.25, 0.3) is 0 Å². The average Bonchev–Trinajstić information content (AvgIpc) is 2.43. The van der Waals surface area contributed by atoms with Crippen LogP contribution in [0.25, 0.3) is 0 Å². The Morgan fingerprint density at radius 3 is 2.45 bits per heavy atom. The number of hydrogen-bond donors (Lipinski definition) is 1. The molecule has 1 saturated carbocycles. The van der Waals surface area contributed by atoms with E-state index in [-0.39, 0.29) is 24.9 Å². The number of halogens is 2. The largest absolute Gasteiger partial charge is 0.465 e. The molecule has 0 aromatic heterocycles. The quantitative estimate of drug-likeness (QED) is 0.423. The molecule has 1 atom stereocenters. The van der Waals surface area contributed by atoms with E-state index in [2.05, 4.69) is 0 Å². The molecule has 1 unspecified atom stereocenters. The van der Waals surface area contributed by atoms with Gasteiger partial charge in [-0.15, -0.1) is 0 Å². The van der Waals surface area contributed by atoms with Gasteiger partial charge in [-0.25, -0.2) is 4.21 Å². The second-order valence-electron chi connectivity index (χ2n) is 5.20. The molecular formula is C13H22F2O4S. The predicted octanol–water partition coefficient (Wildman–Crippen LogP) is 3.48. The molecule has 0 aliphatic heterocycles. The lowest BCUT2D eigenvalue weighted by Gasteiger charge is -2.19. The lowest BCUT2D eigenvalue weighted by atomic mass is 9.89. The Labute approximate surface area is 120 Å². The Hall–Kier alpha value is -0.560. The number of carbonyl (C=O) groups is 1. The predicted molar refractivity (Wildman–Crippen MR) is 71.7 cm³/mol. The third-order valence-electron chi connectivity index (χ3n) is 3.55. The number of carbonyl (C=O) groups excluding carboxylic acids is 1. The molecule has 0 aromatic carbocycles. The highest BCUT2D eigenvalue weighted by atomic mass is 32.2. The second kappa shape index (κ2) is 8.67. The van der Waals surface area contributed by atoms with E-state index in [0.717, 1.165) is 25.7 Å². The average molecular weight is 312 g/mol. The molecular weight excluding hydrogens is 290 g/mol. The van der Waals surface area contributed by atoms with Crippen LogP contribution >= 0.6 is 0 Å². The van der Waals surface area contributed by atoms with Crippen molar-refractivity contribution < 1.29 is 27.1 Å². The zero-order valence-electron chi connectivity index (χ0n) is 11.5. The summed E-state index contributed by atoms with van der Waals surface area (Å²) >= 11 is -3.11. The Morgan fingerprint density at radius 1 is 1.20 bits per heavy atom. The molecule has 0 saturated heterocycles. The van der Waals surface area contributed by atoms with Crippen LogP contribution < -0.4 is 0 Å². The van der Waals surface area contributed by atoms with Crippen molar-refractivity contribution in [3.63, 3.8) is 0 Å². The van der Waals surface area contributed by atoms with Gasteiger partial charge in [-0.05, 0) is 32.1 Å². The summed E-state index contributed by atoms with van der Waals surface area (Å²) in [7, 11) is 0. The van der Waals surface area contributed by atoms with Crippen LogP contribution in [0, 0.1) is 5.92 Å². The Balaban J connectivity index is 2.04. The van der Waals surface area contributed by atoms with Gasteiger partial charge in [-0.1, -0.05) is 19.3 Å². The van der Waals surface area contributed by atoms with Crippen molar-refractivity contribution in [2.24, 2.45) is 5.92 Å². The van der Waals surface area contributed by atoms with Crippen molar-refractivity contribution in [1.29, 1.82) is 0 Å². The van der Waals surface area contributed by atoms with E-state index in [1.54, 1.807) is 0 Å². The third kappa shape index (κ3) is 6.26. The fraction of sp³-hybridized carbons (Fsp3) is 0.923. The van der Waals surface area contributed by atoms with Crippen LogP contribution in [0.15, 0.2) is 0 Å². The lowest BCUT2D eigenvalue weighted by molar-refractivity contribution is -0.149. The number of ether oxygens (including phenoxy) is 1. The number of esters is 1. The lowest BCUT2D eigenvalue weighted by Crippen LogP contribution is -2.22. The summed E-state index contributed by atoms with van der Waals surface area (Å²) in [6.07, 6.45) is 5.54. The summed E-state index contributed by atoms with van der Waals surface area (Å²) in [5.41, 5.74) is 0. The van der Waals surface area contributed by atoms with E-state index in [1.165, 1.54) is 6.42 Å². The van der Waals surface area contributed by atoms with Crippen molar-refractivity contribution in [1.82, 2.24) is 0 Å². The normalized spacial score (nSPS) is 18.8. The summed E-state index contributed by atoms with van der Waals surface area (Å²) in [5.74, 6) is -0.170.